The van der Waals surface area contributed by atoms with Gasteiger partial charge in [-0.1, -0.05) is 13.8 Å². The molecule has 3 N–H and O–H groups in total. The first-order chi connectivity index (χ1) is 13.4. The van der Waals surface area contributed by atoms with Crippen LogP contribution in [0.4, 0.5) is 20.2 Å². The van der Waals surface area contributed by atoms with Gasteiger partial charge in [-0.2, -0.15) is 8.78 Å². The monoisotopic (exact) mass is 400 g/mol. The number of ether oxygens (including phenoxy) is 2. The fourth-order valence-electron chi connectivity index (χ4n) is 3.07. The summed E-state index contributed by atoms with van der Waals surface area (Å²) in [6.07, 6.45) is 0. The van der Waals surface area contributed by atoms with E-state index < -0.39 is 18.6 Å². The zero-order valence-electron chi connectivity index (χ0n) is 16.0. The second-order valence-corrected chi connectivity index (χ2v) is 6.12. The van der Waals surface area contributed by atoms with E-state index in [1.807, 2.05) is 18.7 Å². The molecule has 0 unspecified atom stereocenters. The molecule has 10 heteroatoms. The summed E-state index contributed by atoms with van der Waals surface area (Å²) >= 11 is 0. The molecule has 2 rings (SSSR count). The van der Waals surface area contributed by atoms with Crippen molar-refractivity contribution in [2.75, 3.05) is 49.6 Å². The molecular formula is C18H26F2N4O4. The number of alkyl halides is 2. The Morgan fingerprint density at radius 1 is 1.39 bits per heavy atom. The number of amides is 2. The summed E-state index contributed by atoms with van der Waals surface area (Å²) in [7, 11) is 0. The molecule has 1 aromatic carbocycles. The number of hydrogen-bond acceptors (Lipinski definition) is 6. The average Bonchev–Trinajstić information content (AvgIpc) is 2.67. The van der Waals surface area contributed by atoms with E-state index in [1.54, 1.807) is 6.07 Å². The Balaban J connectivity index is 2.27. The Bertz CT molecular complexity index is 686. The lowest BCUT2D eigenvalue weighted by molar-refractivity contribution is -0.125. The third-order valence-corrected chi connectivity index (χ3v) is 4.52. The molecule has 28 heavy (non-hydrogen) atoms. The number of halogens is 2. The largest absolute Gasteiger partial charge is 0.433 e. The first kappa shape index (κ1) is 22.0. The van der Waals surface area contributed by atoms with E-state index in [4.69, 9.17) is 10.5 Å². The highest BCUT2D eigenvalue weighted by molar-refractivity contribution is 5.98. The molecule has 156 valence electrons. The number of nitrogens with zero attached hydrogens (tertiary/aromatic N) is 2. The maximum absolute atomic E-state index is 12.9. The van der Waals surface area contributed by atoms with Gasteiger partial charge in [0.05, 0.1) is 12.3 Å². The highest BCUT2D eigenvalue weighted by Gasteiger charge is 2.25. The number of nitrogens with one attached hydrogen (secondary N) is 1. The molecule has 2 amide bonds. The molecule has 0 spiro atoms. The number of likely N-dealkylation sites (N-methyl/N-ethyl adjacent to an activating group) is 1. The molecule has 1 aliphatic heterocycles. The van der Waals surface area contributed by atoms with Gasteiger partial charge in [-0.15, -0.1) is 0 Å². The molecular weight excluding hydrogens is 374 g/mol. The summed E-state index contributed by atoms with van der Waals surface area (Å²) in [6, 6.07) is 3.70. The SMILES string of the molecule is CCN(CC)[C@@H](CN)C(=O)Nc1ccc(N2CCOCC2=O)cc1OC(F)F. The Morgan fingerprint density at radius 3 is 2.68 bits per heavy atom. The van der Waals surface area contributed by atoms with E-state index in [1.165, 1.54) is 17.0 Å². The predicted molar refractivity (Wildman–Crippen MR) is 101 cm³/mol. The molecule has 0 radical (unpaired) electrons. The van der Waals surface area contributed by atoms with Gasteiger partial charge in [-0.25, -0.2) is 0 Å². The van der Waals surface area contributed by atoms with Crippen molar-refractivity contribution in [2.45, 2.75) is 26.5 Å². The molecule has 8 nitrogen and oxygen atoms in total. The third-order valence-electron chi connectivity index (χ3n) is 4.52. The predicted octanol–water partition coefficient (Wildman–Crippen LogP) is 1.26. The molecule has 0 bridgehead atoms. The fraction of sp³-hybridized carbons (Fsp3) is 0.556. The van der Waals surface area contributed by atoms with Gasteiger partial charge in [0, 0.05) is 24.8 Å². The second-order valence-electron chi connectivity index (χ2n) is 6.12. The number of morpholine rings is 1. The van der Waals surface area contributed by atoms with Gasteiger partial charge in [0.1, 0.15) is 12.6 Å². The summed E-state index contributed by atoms with van der Waals surface area (Å²) in [5.74, 6) is -0.924. The number of anilines is 2. The smallest absolute Gasteiger partial charge is 0.387 e. The van der Waals surface area contributed by atoms with E-state index in [9.17, 15) is 18.4 Å². The normalized spacial score (nSPS) is 15.8. The van der Waals surface area contributed by atoms with Crippen molar-refractivity contribution in [3.63, 3.8) is 0 Å². The number of carbonyl (C=O) groups excluding carboxylic acids is 2. The molecule has 1 atom stereocenters. The summed E-state index contributed by atoms with van der Waals surface area (Å²) in [4.78, 5) is 27.9. The Morgan fingerprint density at radius 2 is 2.11 bits per heavy atom. The zero-order valence-corrected chi connectivity index (χ0v) is 16.0. The standard InChI is InChI=1S/C18H26F2N4O4/c1-3-23(4-2)14(10-21)17(26)22-13-6-5-12(9-15(13)28-18(19)20)24-7-8-27-11-16(24)25/h5-6,9,14,18H,3-4,7-8,10-11,21H2,1-2H3,(H,22,26)/t14-/m0/s1. The highest BCUT2D eigenvalue weighted by atomic mass is 19.3. The van der Waals surface area contributed by atoms with Crippen LogP contribution in [-0.2, 0) is 14.3 Å². The van der Waals surface area contributed by atoms with Gasteiger partial charge in [0.25, 0.3) is 5.91 Å². The maximum Gasteiger partial charge on any atom is 0.387 e. The lowest BCUT2D eigenvalue weighted by Crippen LogP contribution is -2.48. The Labute approximate surface area is 162 Å². The van der Waals surface area contributed by atoms with Crippen LogP contribution in [-0.4, -0.2) is 68.8 Å². The number of rotatable bonds is 9. The van der Waals surface area contributed by atoms with E-state index in [0.29, 0.717) is 31.9 Å². The molecule has 0 aromatic heterocycles. The van der Waals surface area contributed by atoms with Crippen LogP contribution in [0.2, 0.25) is 0 Å². The van der Waals surface area contributed by atoms with Crippen LogP contribution in [0, 0.1) is 0 Å². The lowest BCUT2D eigenvalue weighted by Gasteiger charge is -2.29. The van der Waals surface area contributed by atoms with Crippen LogP contribution < -0.4 is 20.7 Å². The summed E-state index contributed by atoms with van der Waals surface area (Å²) in [5, 5.41) is 2.61. The summed E-state index contributed by atoms with van der Waals surface area (Å²) in [5.41, 5.74) is 6.20. The number of carbonyl (C=O) groups is 2. The Hall–Kier alpha value is -2.30. The summed E-state index contributed by atoms with van der Waals surface area (Å²) < 4.78 is 35.4. The number of benzene rings is 1. The van der Waals surface area contributed by atoms with Gasteiger partial charge in [-0.05, 0) is 25.2 Å². The minimum absolute atomic E-state index is 0.0778. The average molecular weight is 400 g/mol. The molecule has 1 aromatic rings. The fourth-order valence-corrected chi connectivity index (χ4v) is 3.07. The molecule has 1 saturated heterocycles. The van der Waals surface area contributed by atoms with Gasteiger partial charge in [0.15, 0.2) is 5.75 Å². The van der Waals surface area contributed by atoms with Crippen LogP contribution in [0.5, 0.6) is 5.75 Å². The Kier molecular flexibility index (Phi) is 8.09. The van der Waals surface area contributed by atoms with Gasteiger partial charge >= 0.3 is 6.61 Å². The van der Waals surface area contributed by atoms with Crippen LogP contribution in [0.15, 0.2) is 18.2 Å². The van der Waals surface area contributed by atoms with Crippen molar-refractivity contribution in [1.82, 2.24) is 4.90 Å². The highest BCUT2D eigenvalue weighted by Crippen LogP contribution is 2.32. The summed E-state index contributed by atoms with van der Waals surface area (Å²) in [6.45, 7) is 2.60. The van der Waals surface area contributed by atoms with E-state index in [-0.39, 0.29) is 30.5 Å². The molecule has 1 aliphatic rings. The van der Waals surface area contributed by atoms with Crippen molar-refractivity contribution in [1.29, 1.82) is 0 Å². The van der Waals surface area contributed by atoms with Gasteiger partial charge in [0.2, 0.25) is 5.91 Å². The maximum atomic E-state index is 12.9. The first-order valence-corrected chi connectivity index (χ1v) is 9.13. The zero-order chi connectivity index (χ0) is 20.7. The van der Waals surface area contributed by atoms with Crippen molar-refractivity contribution in [3.8, 4) is 5.75 Å². The second kappa shape index (κ2) is 10.3. The van der Waals surface area contributed by atoms with Crippen LogP contribution in [0.1, 0.15) is 13.8 Å². The van der Waals surface area contributed by atoms with Crippen molar-refractivity contribution in [2.24, 2.45) is 5.73 Å². The van der Waals surface area contributed by atoms with Crippen LogP contribution in [0.25, 0.3) is 0 Å². The lowest BCUT2D eigenvalue weighted by atomic mass is 10.2. The van der Waals surface area contributed by atoms with E-state index >= 15 is 0 Å². The van der Waals surface area contributed by atoms with E-state index in [2.05, 4.69) is 10.1 Å². The van der Waals surface area contributed by atoms with Crippen molar-refractivity contribution >= 4 is 23.2 Å². The molecule has 1 fully saturated rings. The molecule has 0 saturated carbocycles. The quantitative estimate of drug-likeness (QED) is 0.648. The first-order valence-electron chi connectivity index (χ1n) is 9.13. The van der Waals surface area contributed by atoms with Crippen LogP contribution >= 0.6 is 0 Å². The van der Waals surface area contributed by atoms with Crippen LogP contribution in [0.3, 0.4) is 0 Å². The van der Waals surface area contributed by atoms with Gasteiger partial charge in [-0.3, -0.25) is 14.5 Å². The topological polar surface area (TPSA) is 97.1 Å². The minimum atomic E-state index is -3.08. The molecule has 1 heterocycles. The molecule has 0 aliphatic carbocycles. The number of hydrogen-bond donors (Lipinski definition) is 2. The van der Waals surface area contributed by atoms with Crippen molar-refractivity contribution in [3.05, 3.63) is 18.2 Å². The van der Waals surface area contributed by atoms with E-state index in [0.717, 1.165) is 0 Å². The third kappa shape index (κ3) is 5.37. The minimum Gasteiger partial charge on any atom is -0.433 e. The van der Waals surface area contributed by atoms with Gasteiger partial charge < -0.3 is 25.4 Å². The van der Waals surface area contributed by atoms with Crippen molar-refractivity contribution < 1.29 is 27.8 Å². The number of nitrogens with two attached hydrogens (primary N) is 1.